The van der Waals surface area contributed by atoms with Crippen molar-refractivity contribution in [3.05, 3.63) is 238 Å². The van der Waals surface area contributed by atoms with Crippen molar-refractivity contribution in [3.8, 4) is 67.5 Å². The van der Waals surface area contributed by atoms with Gasteiger partial charge in [0.25, 0.3) is 23.2 Å². The molecule has 0 atom stereocenters. The number of phenolic OH excluding ortho intramolecular Hbond substituents is 4. The second kappa shape index (κ2) is 22.9. The number of rotatable bonds is 10. The maximum atomic E-state index is 13.2. The van der Waals surface area contributed by atoms with Crippen LogP contribution in [0.3, 0.4) is 0 Å². The van der Waals surface area contributed by atoms with Gasteiger partial charge in [-0.2, -0.15) is 10.1 Å². The van der Waals surface area contributed by atoms with Crippen LogP contribution in [0.15, 0.2) is 245 Å². The molecule has 0 spiro atoms. The molecule has 6 N–H and O–H groups in total. The van der Waals surface area contributed by atoms with E-state index in [2.05, 4.69) is 0 Å². The molecule has 0 radical (unpaired) electrons. The third kappa shape index (κ3) is 11.2. The monoisotopic (exact) mass is 1160 g/mol. The van der Waals surface area contributed by atoms with Crippen molar-refractivity contribution in [3.63, 3.8) is 0 Å². The number of carbonyl (C=O) groups excluding carboxylic acids is 2. The van der Waals surface area contributed by atoms with E-state index in [1.807, 2.05) is 0 Å². The number of amides is 2. The van der Waals surface area contributed by atoms with Gasteiger partial charge in [0, 0.05) is 35.4 Å². The number of hydroxylamine groups is 2. The molecule has 82 heavy (non-hydrogen) atoms. The van der Waals surface area contributed by atoms with Gasteiger partial charge in [-0.25, -0.2) is 0 Å². The van der Waals surface area contributed by atoms with Crippen molar-refractivity contribution >= 4 is 81.6 Å². The highest BCUT2D eigenvalue weighted by Crippen LogP contribution is 2.56. The Hall–Kier alpha value is -9.54. The fourth-order valence-corrected chi connectivity index (χ4v) is 13.2. The molecule has 0 aromatic heterocycles. The fourth-order valence-electron chi connectivity index (χ4n) is 8.87. The summed E-state index contributed by atoms with van der Waals surface area (Å²) in [6.07, 6.45) is 0. The smallest absolute Gasteiger partial charge is 0.281 e. The summed E-state index contributed by atoms with van der Waals surface area (Å²) in [5, 5.41) is 96.2. The van der Waals surface area contributed by atoms with Crippen molar-refractivity contribution in [2.75, 3.05) is 10.1 Å². The van der Waals surface area contributed by atoms with Gasteiger partial charge < -0.3 is 20.4 Å². The highest BCUT2D eigenvalue weighted by Gasteiger charge is 2.26. The number of hydrogen-bond acceptors (Lipinski definition) is 16. The van der Waals surface area contributed by atoms with Crippen LogP contribution in [0, 0.1) is 20.2 Å². The molecule has 16 nitrogen and oxygen atoms in total. The zero-order chi connectivity index (χ0) is 57.3. The van der Waals surface area contributed by atoms with Crippen LogP contribution in [-0.2, 0) is 0 Å². The average molecular weight is 1160 g/mol. The van der Waals surface area contributed by atoms with Gasteiger partial charge in [0.15, 0.2) is 0 Å². The van der Waals surface area contributed by atoms with Gasteiger partial charge in [-0.1, -0.05) is 108 Å². The predicted molar refractivity (Wildman–Crippen MR) is 314 cm³/mol. The number of carbonyl (C=O) groups is 2. The minimum Gasteiger partial charge on any atom is -0.506 e. The SMILES string of the molecule is O=C(c1ccccc1)N(O)c1ccc(-c2cc3c(O)c(c2)Sc2cc(-c4ccc([N+](=O)[O-])cc4)cc(c2O)Sc2cc(-c4ccc(N(O)C(=O)c5ccccc5)cc4)cc(c2O)Sc2cc(-c4ccc([N+](=O)[O-])cc4)cc(c2O)S3)cc1. The Labute approximate surface area is 483 Å². The van der Waals surface area contributed by atoms with Crippen molar-refractivity contribution < 1.29 is 50.3 Å². The van der Waals surface area contributed by atoms with Gasteiger partial charge in [-0.15, -0.1) is 0 Å². The highest BCUT2D eigenvalue weighted by atomic mass is 32.2. The molecule has 1 heterocycles. The van der Waals surface area contributed by atoms with Crippen LogP contribution in [-0.4, -0.2) is 52.5 Å². The second-order valence-corrected chi connectivity index (χ2v) is 22.7. The number of benzene rings is 10. The van der Waals surface area contributed by atoms with Crippen LogP contribution in [0.2, 0.25) is 0 Å². The minimum atomic E-state index is -0.654. The molecule has 1 aliphatic heterocycles. The molecular formula is C62H40N4O12S4. The molecule has 404 valence electrons. The second-order valence-electron chi connectivity index (χ2n) is 18.4. The molecule has 10 aromatic rings. The van der Waals surface area contributed by atoms with E-state index in [0.717, 1.165) is 47.0 Å². The van der Waals surface area contributed by atoms with Crippen molar-refractivity contribution in [1.82, 2.24) is 0 Å². The minimum absolute atomic E-state index is 0.146. The molecular weight excluding hydrogens is 1120 g/mol. The quantitative estimate of drug-likeness (QED) is 0.0423. The first-order valence-corrected chi connectivity index (χ1v) is 27.9. The summed E-state index contributed by atoms with van der Waals surface area (Å²) in [6.45, 7) is 0. The fraction of sp³-hybridized carbons (Fsp3) is 0. The Morgan fingerprint density at radius 3 is 0.768 bits per heavy atom. The standard InChI is InChI=1S/C62H40N4O12S4/c67-57-49-27-41(35-11-19-45(20-12-35)63(73)61(71)39-7-3-1-4-8-39)28-50(57)80-54-32-44(38-17-25-48(26-18-38)66(77)78)34-56(60(54)70)82-52-30-42(36-13-21-46(22-14-36)64(74)62(72)40-9-5-2-6-10-40)29-51(58(52)68)81-55-33-43(31-53(79-49)59(55)69)37-15-23-47(24-16-37)65(75)76/h1-34,67-70,73-74H. The molecule has 0 unspecified atom stereocenters. The first-order valence-electron chi connectivity index (χ1n) is 24.6. The van der Waals surface area contributed by atoms with E-state index in [0.29, 0.717) is 54.6 Å². The van der Waals surface area contributed by atoms with E-state index >= 15 is 0 Å². The predicted octanol–water partition coefficient (Wildman–Crippen LogP) is 16.0. The maximum Gasteiger partial charge on any atom is 0.281 e. The van der Waals surface area contributed by atoms with Crippen LogP contribution in [0.5, 0.6) is 23.0 Å². The zero-order valence-corrected chi connectivity index (χ0v) is 45.5. The summed E-state index contributed by atoms with van der Waals surface area (Å²) in [5.41, 5.74) is 4.90. The van der Waals surface area contributed by atoms with E-state index < -0.39 is 21.7 Å². The van der Waals surface area contributed by atoms with E-state index in [4.69, 9.17) is 0 Å². The Morgan fingerprint density at radius 2 is 0.549 bits per heavy atom. The van der Waals surface area contributed by atoms with Crippen molar-refractivity contribution in [2.45, 2.75) is 39.2 Å². The number of nitrogens with zero attached hydrogens (tertiary/aromatic N) is 4. The number of anilines is 2. The summed E-state index contributed by atoms with van der Waals surface area (Å²) in [4.78, 5) is 50.6. The number of nitro benzene ring substituents is 2. The highest BCUT2D eigenvalue weighted by molar-refractivity contribution is 8.01. The lowest BCUT2D eigenvalue weighted by Gasteiger charge is -2.20. The van der Waals surface area contributed by atoms with Gasteiger partial charge >= 0.3 is 0 Å². The third-order valence-electron chi connectivity index (χ3n) is 13.2. The summed E-state index contributed by atoms with van der Waals surface area (Å²) < 4.78 is 0. The Kier molecular flexibility index (Phi) is 15.2. The van der Waals surface area contributed by atoms with Crippen LogP contribution in [0.4, 0.5) is 22.7 Å². The first-order chi connectivity index (χ1) is 39.6. The van der Waals surface area contributed by atoms with E-state index in [1.54, 1.807) is 182 Å². The van der Waals surface area contributed by atoms with Crippen LogP contribution >= 0.6 is 47.0 Å². The molecule has 0 saturated carbocycles. The molecule has 20 heteroatoms. The average Bonchev–Trinajstić information content (AvgIpc) is 3.65. The number of non-ortho nitro benzene ring substituents is 2. The van der Waals surface area contributed by atoms with E-state index in [9.17, 15) is 60.7 Å². The van der Waals surface area contributed by atoms with E-state index in [1.165, 1.54) is 24.3 Å². The number of aromatic hydroxyl groups is 4. The molecule has 8 bridgehead atoms. The number of hydrogen-bond donors (Lipinski definition) is 6. The summed E-state index contributed by atoms with van der Waals surface area (Å²) in [6, 6.07) is 54.6. The van der Waals surface area contributed by atoms with Gasteiger partial charge in [0.05, 0.1) is 60.4 Å². The number of nitro groups is 2. The molecule has 0 saturated heterocycles. The van der Waals surface area contributed by atoms with Gasteiger partial charge in [-0.3, -0.25) is 40.2 Å². The Morgan fingerprint density at radius 1 is 0.329 bits per heavy atom. The van der Waals surface area contributed by atoms with Crippen molar-refractivity contribution in [2.24, 2.45) is 0 Å². The molecule has 0 fully saturated rings. The summed E-state index contributed by atoms with van der Waals surface area (Å²) >= 11 is 3.98. The Bertz CT molecular complexity index is 3790. The first kappa shape index (κ1) is 54.4. The van der Waals surface area contributed by atoms with Crippen molar-refractivity contribution in [1.29, 1.82) is 0 Å². The topological polar surface area (TPSA) is 248 Å². The van der Waals surface area contributed by atoms with Crippen LogP contribution in [0.1, 0.15) is 20.7 Å². The Balaban J connectivity index is 1.08. The number of fused-ring (bicyclic) bond motifs is 8. The lowest BCUT2D eigenvalue weighted by atomic mass is 10.0. The molecule has 1 aliphatic rings. The molecule has 11 rings (SSSR count). The van der Waals surface area contributed by atoms with Crippen LogP contribution in [0.25, 0.3) is 44.5 Å². The third-order valence-corrected chi connectivity index (χ3v) is 17.4. The van der Waals surface area contributed by atoms with Gasteiger partial charge in [0.2, 0.25) is 0 Å². The summed E-state index contributed by atoms with van der Waals surface area (Å²) in [5.74, 6) is -2.28. The normalized spacial score (nSPS) is 11.8. The van der Waals surface area contributed by atoms with Gasteiger partial charge in [0.1, 0.15) is 23.0 Å². The summed E-state index contributed by atoms with van der Waals surface area (Å²) in [7, 11) is 0. The molecule has 2 amide bonds. The van der Waals surface area contributed by atoms with Crippen LogP contribution < -0.4 is 10.1 Å². The lowest BCUT2D eigenvalue weighted by Crippen LogP contribution is -2.26. The zero-order valence-electron chi connectivity index (χ0n) is 42.2. The van der Waals surface area contributed by atoms with Gasteiger partial charge in [-0.05, 0) is 166 Å². The molecule has 0 aliphatic carbocycles. The number of phenols is 4. The largest absolute Gasteiger partial charge is 0.506 e. The van der Waals surface area contributed by atoms with E-state index in [-0.39, 0.29) is 96.0 Å². The maximum absolute atomic E-state index is 13.2. The lowest BCUT2D eigenvalue weighted by molar-refractivity contribution is -0.385. The molecule has 10 aromatic carbocycles.